The zero-order chi connectivity index (χ0) is 16.8. The lowest BCUT2D eigenvalue weighted by Crippen LogP contribution is -2.08. The predicted octanol–water partition coefficient (Wildman–Crippen LogP) is 5.38. The van der Waals surface area contributed by atoms with Crippen molar-refractivity contribution in [1.29, 1.82) is 0 Å². The first-order valence-corrected chi connectivity index (χ1v) is 9.33. The fraction of sp³-hybridized carbons (Fsp3) is 0.136. The molecule has 1 saturated heterocycles. The summed E-state index contributed by atoms with van der Waals surface area (Å²) in [7, 11) is 0. The van der Waals surface area contributed by atoms with Gasteiger partial charge in [0, 0.05) is 4.47 Å². The molecule has 0 amide bonds. The number of hydrogen-bond donors (Lipinski definition) is 0. The van der Waals surface area contributed by atoms with Crippen LogP contribution in [0, 0.1) is 0 Å². The lowest BCUT2D eigenvalue weighted by molar-refractivity contribution is 0.404. The van der Waals surface area contributed by atoms with Gasteiger partial charge in [-0.2, -0.15) is 0 Å². The second-order valence-corrected chi connectivity index (χ2v) is 7.47. The molecule has 0 spiro atoms. The summed E-state index contributed by atoms with van der Waals surface area (Å²) in [5.74, 6) is 0. The number of benzene rings is 3. The van der Waals surface area contributed by atoms with Crippen molar-refractivity contribution in [2.75, 3.05) is 0 Å². The molecule has 0 aromatic heterocycles. The largest absolute Gasteiger partial charge is 0.263 e. The van der Waals surface area contributed by atoms with Gasteiger partial charge in [0.2, 0.25) is 0 Å². The Morgan fingerprint density at radius 3 is 2.00 bits per heavy atom. The molecule has 25 heavy (non-hydrogen) atoms. The molecule has 3 aromatic carbocycles. The summed E-state index contributed by atoms with van der Waals surface area (Å²) in [5.41, 5.74) is 5.06. The van der Waals surface area contributed by atoms with E-state index in [9.17, 15) is 0 Å². The first-order valence-electron chi connectivity index (χ1n) is 8.54. The summed E-state index contributed by atoms with van der Waals surface area (Å²) in [6.07, 6.45) is 0.0958. The van der Waals surface area contributed by atoms with Gasteiger partial charge in [-0.3, -0.25) is 9.89 Å². The second kappa shape index (κ2) is 5.94. The third-order valence-corrected chi connectivity index (χ3v) is 5.58. The Kier molecular flexibility index (Phi) is 3.58. The molecule has 0 bridgehead atoms. The second-order valence-electron chi connectivity index (χ2n) is 6.55. The number of aliphatic imine (C=N–C) groups is 1. The quantitative estimate of drug-likeness (QED) is 0.550. The zero-order valence-corrected chi connectivity index (χ0v) is 15.2. The molecule has 0 radical (unpaired) electrons. The van der Waals surface area contributed by atoms with Crippen LogP contribution in [0.2, 0.25) is 0 Å². The molecule has 3 heteroatoms. The summed E-state index contributed by atoms with van der Waals surface area (Å²) >= 11 is 3.53. The topological polar surface area (TPSA) is 15.4 Å². The molecule has 2 heterocycles. The Morgan fingerprint density at radius 2 is 1.32 bits per heavy atom. The SMILES string of the molecule is Brc1ccc([C@@H]2N=C(c3ccccc3)[C@H]3[C@@H](c4ccccc4)N23)cc1. The molecule has 0 aliphatic carbocycles. The van der Waals surface area contributed by atoms with Gasteiger partial charge in [0.05, 0.1) is 17.8 Å². The van der Waals surface area contributed by atoms with Gasteiger partial charge in [0.1, 0.15) is 6.17 Å². The van der Waals surface area contributed by atoms with Crippen LogP contribution in [0.3, 0.4) is 0 Å². The summed E-state index contributed by atoms with van der Waals surface area (Å²) < 4.78 is 1.10. The Bertz CT molecular complexity index is 919. The number of rotatable bonds is 3. The summed E-state index contributed by atoms with van der Waals surface area (Å²) in [5, 5.41) is 0. The van der Waals surface area contributed by atoms with E-state index in [4.69, 9.17) is 4.99 Å². The van der Waals surface area contributed by atoms with E-state index in [1.54, 1.807) is 0 Å². The molecular weight excluding hydrogens is 372 g/mol. The third-order valence-electron chi connectivity index (χ3n) is 5.05. The van der Waals surface area contributed by atoms with Gasteiger partial charge in [0.15, 0.2) is 0 Å². The first kappa shape index (κ1) is 15.1. The maximum Gasteiger partial charge on any atom is 0.129 e. The van der Waals surface area contributed by atoms with Crippen LogP contribution >= 0.6 is 15.9 Å². The van der Waals surface area contributed by atoms with Crippen molar-refractivity contribution in [1.82, 2.24) is 4.90 Å². The minimum absolute atomic E-state index is 0.0958. The highest BCUT2D eigenvalue weighted by atomic mass is 79.9. The van der Waals surface area contributed by atoms with Gasteiger partial charge in [0.25, 0.3) is 0 Å². The van der Waals surface area contributed by atoms with E-state index in [0.717, 1.165) is 4.47 Å². The van der Waals surface area contributed by atoms with Gasteiger partial charge < -0.3 is 0 Å². The van der Waals surface area contributed by atoms with E-state index in [2.05, 4.69) is 106 Å². The van der Waals surface area contributed by atoms with Crippen LogP contribution in [0.5, 0.6) is 0 Å². The van der Waals surface area contributed by atoms with Crippen LogP contribution < -0.4 is 0 Å². The van der Waals surface area contributed by atoms with E-state index < -0.39 is 0 Å². The Morgan fingerprint density at radius 1 is 0.680 bits per heavy atom. The van der Waals surface area contributed by atoms with Crippen molar-refractivity contribution in [2.45, 2.75) is 18.2 Å². The highest BCUT2D eigenvalue weighted by molar-refractivity contribution is 9.10. The van der Waals surface area contributed by atoms with E-state index in [1.165, 1.54) is 22.4 Å². The van der Waals surface area contributed by atoms with E-state index in [1.807, 2.05) is 0 Å². The van der Waals surface area contributed by atoms with Crippen molar-refractivity contribution in [3.05, 3.63) is 106 Å². The minimum Gasteiger partial charge on any atom is -0.263 e. The molecule has 5 rings (SSSR count). The average molecular weight is 389 g/mol. The van der Waals surface area contributed by atoms with Crippen LogP contribution in [-0.2, 0) is 0 Å². The molecule has 3 aromatic rings. The van der Waals surface area contributed by atoms with Crippen molar-refractivity contribution in [2.24, 2.45) is 4.99 Å². The van der Waals surface area contributed by atoms with Gasteiger partial charge in [-0.15, -0.1) is 0 Å². The molecule has 2 nitrogen and oxygen atoms in total. The van der Waals surface area contributed by atoms with Crippen molar-refractivity contribution < 1.29 is 0 Å². The fourth-order valence-corrected chi connectivity index (χ4v) is 4.12. The lowest BCUT2D eigenvalue weighted by atomic mass is 10.0. The highest BCUT2D eigenvalue weighted by Crippen LogP contribution is 2.55. The summed E-state index contributed by atoms with van der Waals surface area (Å²) in [6, 6.07) is 30.7. The number of hydrogen-bond acceptors (Lipinski definition) is 2. The summed E-state index contributed by atoms with van der Waals surface area (Å²) in [4.78, 5) is 7.61. The number of nitrogens with zero attached hydrogens (tertiary/aromatic N) is 2. The molecule has 122 valence electrons. The van der Waals surface area contributed by atoms with Crippen LogP contribution in [0.25, 0.3) is 0 Å². The van der Waals surface area contributed by atoms with E-state index in [0.29, 0.717) is 12.1 Å². The highest BCUT2D eigenvalue weighted by Gasteiger charge is 2.59. The molecule has 2 aliphatic heterocycles. The molecule has 1 unspecified atom stereocenters. The molecule has 2 aliphatic rings. The summed E-state index contributed by atoms with van der Waals surface area (Å²) in [6.45, 7) is 0. The average Bonchev–Trinajstić information content (AvgIpc) is 3.28. The van der Waals surface area contributed by atoms with Crippen molar-refractivity contribution >= 4 is 21.6 Å². The monoisotopic (exact) mass is 388 g/mol. The maximum absolute atomic E-state index is 5.09. The molecule has 1 fully saturated rings. The van der Waals surface area contributed by atoms with Crippen LogP contribution in [-0.4, -0.2) is 16.7 Å². The molecule has 0 N–H and O–H groups in total. The Hall–Kier alpha value is -2.23. The minimum atomic E-state index is 0.0958. The molecule has 4 atom stereocenters. The fourth-order valence-electron chi connectivity index (χ4n) is 3.86. The third kappa shape index (κ3) is 2.55. The van der Waals surface area contributed by atoms with Crippen LogP contribution in [0.4, 0.5) is 0 Å². The normalized spacial score (nSPS) is 26.8. The van der Waals surface area contributed by atoms with Gasteiger partial charge in [-0.05, 0) is 28.8 Å². The molecule has 0 saturated carbocycles. The van der Waals surface area contributed by atoms with Crippen LogP contribution in [0.15, 0.2) is 94.4 Å². The number of fused-ring (bicyclic) bond motifs is 1. The Labute approximate surface area is 156 Å². The Balaban J connectivity index is 1.57. The van der Waals surface area contributed by atoms with Gasteiger partial charge in [-0.1, -0.05) is 88.7 Å². The van der Waals surface area contributed by atoms with Gasteiger partial charge in [-0.25, -0.2) is 0 Å². The number of halogens is 1. The predicted molar refractivity (Wildman–Crippen MR) is 105 cm³/mol. The first-order chi connectivity index (χ1) is 12.3. The lowest BCUT2D eigenvalue weighted by Gasteiger charge is -2.14. The standard InChI is InChI=1S/C22H17BrN2/c23-18-13-11-17(12-14-18)22-24-19(15-7-3-1-4-8-15)21-20(25(21)22)16-9-5-2-6-10-16/h1-14,20-22H/t20-,21+,22-,25?/m1/s1. The maximum atomic E-state index is 5.09. The molecular formula is C22H17BrN2. The smallest absolute Gasteiger partial charge is 0.129 e. The van der Waals surface area contributed by atoms with E-state index >= 15 is 0 Å². The zero-order valence-electron chi connectivity index (χ0n) is 13.6. The van der Waals surface area contributed by atoms with Crippen LogP contribution in [0.1, 0.15) is 28.9 Å². The van der Waals surface area contributed by atoms with Gasteiger partial charge >= 0.3 is 0 Å². The van der Waals surface area contributed by atoms with Crippen molar-refractivity contribution in [3.63, 3.8) is 0 Å². The van der Waals surface area contributed by atoms with Crippen molar-refractivity contribution in [3.8, 4) is 0 Å². The van der Waals surface area contributed by atoms with E-state index in [-0.39, 0.29) is 6.17 Å².